The fourth-order valence-corrected chi connectivity index (χ4v) is 3.34. The zero-order valence-corrected chi connectivity index (χ0v) is 11.5. The van der Waals surface area contributed by atoms with Crippen LogP contribution in [-0.4, -0.2) is 16.0 Å². The molecular weight excluding hydrogens is 266 g/mol. The summed E-state index contributed by atoms with van der Waals surface area (Å²) in [4.78, 5) is 4.39. The van der Waals surface area contributed by atoms with E-state index in [-0.39, 0.29) is 5.84 Å². The van der Waals surface area contributed by atoms with Crippen LogP contribution < -0.4 is 5.73 Å². The van der Waals surface area contributed by atoms with E-state index in [2.05, 4.69) is 10.1 Å². The van der Waals surface area contributed by atoms with Crippen LogP contribution in [0.15, 0.2) is 39.1 Å². The van der Waals surface area contributed by atoms with Gasteiger partial charge in [-0.15, -0.1) is 11.3 Å². The highest BCUT2D eigenvalue weighted by Gasteiger charge is 2.07. The average Bonchev–Trinajstić information content (AvgIpc) is 2.81. The standard InChI is InChI=1S/C12H13N3OS2/c1-8-6-17-12(14-8)18-7-9-4-2-3-5-10(9)11(13)15-16/h2-6,16H,7H2,1H3,(H2,13,15). The van der Waals surface area contributed by atoms with E-state index in [9.17, 15) is 0 Å². The summed E-state index contributed by atoms with van der Waals surface area (Å²) in [6.07, 6.45) is 0. The molecule has 6 heteroatoms. The van der Waals surface area contributed by atoms with Crippen LogP contribution in [0.25, 0.3) is 0 Å². The molecule has 2 rings (SSSR count). The minimum atomic E-state index is 0.140. The van der Waals surface area contributed by atoms with Gasteiger partial charge in [-0.2, -0.15) is 0 Å². The van der Waals surface area contributed by atoms with Gasteiger partial charge in [-0.05, 0) is 12.5 Å². The number of benzene rings is 1. The third-order valence-corrected chi connectivity index (χ3v) is 4.54. The third kappa shape index (κ3) is 3.02. The van der Waals surface area contributed by atoms with E-state index < -0.39 is 0 Å². The van der Waals surface area contributed by atoms with Gasteiger partial charge >= 0.3 is 0 Å². The lowest BCUT2D eigenvalue weighted by molar-refractivity contribution is 0.318. The molecule has 0 saturated heterocycles. The molecule has 1 aromatic heterocycles. The molecule has 0 atom stereocenters. The number of nitrogens with zero attached hydrogens (tertiary/aromatic N) is 2. The fourth-order valence-electron chi connectivity index (χ4n) is 1.49. The van der Waals surface area contributed by atoms with Crippen LogP contribution in [-0.2, 0) is 5.75 Å². The molecule has 94 valence electrons. The minimum Gasteiger partial charge on any atom is -0.409 e. The predicted octanol–water partition coefficient (Wildman–Crippen LogP) is 2.84. The van der Waals surface area contributed by atoms with Crippen LogP contribution in [0.5, 0.6) is 0 Å². The van der Waals surface area contributed by atoms with Gasteiger partial charge in [0.2, 0.25) is 0 Å². The first-order valence-electron chi connectivity index (χ1n) is 5.31. The van der Waals surface area contributed by atoms with Crippen LogP contribution in [0.3, 0.4) is 0 Å². The largest absolute Gasteiger partial charge is 0.409 e. The van der Waals surface area contributed by atoms with E-state index >= 15 is 0 Å². The Bertz CT molecular complexity index is 566. The lowest BCUT2D eigenvalue weighted by atomic mass is 10.1. The maximum atomic E-state index is 8.75. The van der Waals surface area contributed by atoms with Crippen molar-refractivity contribution in [2.75, 3.05) is 0 Å². The number of aromatic nitrogens is 1. The summed E-state index contributed by atoms with van der Waals surface area (Å²) in [6.45, 7) is 1.98. The number of thiazole rings is 1. The number of thioether (sulfide) groups is 1. The monoisotopic (exact) mass is 279 g/mol. The number of aryl methyl sites for hydroxylation is 1. The molecule has 0 spiro atoms. The summed E-state index contributed by atoms with van der Waals surface area (Å²) < 4.78 is 1.03. The van der Waals surface area contributed by atoms with Crippen molar-refractivity contribution >= 4 is 28.9 Å². The average molecular weight is 279 g/mol. The molecule has 2 aromatic rings. The molecule has 0 amide bonds. The normalized spacial score (nSPS) is 11.7. The van der Waals surface area contributed by atoms with Gasteiger partial charge in [0.15, 0.2) is 5.84 Å². The molecule has 0 saturated carbocycles. The van der Waals surface area contributed by atoms with Crippen LogP contribution >= 0.6 is 23.1 Å². The van der Waals surface area contributed by atoms with Gasteiger partial charge in [-0.3, -0.25) is 0 Å². The summed E-state index contributed by atoms with van der Waals surface area (Å²) in [7, 11) is 0. The number of rotatable bonds is 4. The molecular formula is C12H13N3OS2. The second-order valence-corrected chi connectivity index (χ2v) is 5.77. The quantitative estimate of drug-likeness (QED) is 0.297. The van der Waals surface area contributed by atoms with Crippen molar-refractivity contribution in [1.29, 1.82) is 0 Å². The Morgan fingerprint density at radius 3 is 2.94 bits per heavy atom. The molecule has 0 aliphatic heterocycles. The number of hydrogen-bond acceptors (Lipinski definition) is 5. The van der Waals surface area contributed by atoms with Crippen LogP contribution in [0.4, 0.5) is 0 Å². The Labute approximate surface area is 114 Å². The molecule has 0 fully saturated rings. The van der Waals surface area contributed by atoms with E-state index in [1.165, 1.54) is 0 Å². The second-order valence-electron chi connectivity index (χ2n) is 3.69. The van der Waals surface area contributed by atoms with E-state index in [4.69, 9.17) is 10.9 Å². The number of oxime groups is 1. The van der Waals surface area contributed by atoms with E-state index in [1.807, 2.05) is 36.6 Å². The first kappa shape index (κ1) is 12.9. The summed E-state index contributed by atoms with van der Waals surface area (Å²) in [6, 6.07) is 7.63. The zero-order chi connectivity index (χ0) is 13.0. The third-order valence-electron chi connectivity index (χ3n) is 2.35. The molecule has 3 N–H and O–H groups in total. The maximum absolute atomic E-state index is 8.75. The molecule has 0 unspecified atom stereocenters. The van der Waals surface area contributed by atoms with Crippen LogP contribution in [0.1, 0.15) is 16.8 Å². The van der Waals surface area contributed by atoms with Gasteiger partial charge in [-0.1, -0.05) is 41.2 Å². The molecule has 0 aliphatic rings. The van der Waals surface area contributed by atoms with E-state index in [0.29, 0.717) is 0 Å². The van der Waals surface area contributed by atoms with Crippen molar-refractivity contribution in [2.24, 2.45) is 10.9 Å². The Hall–Kier alpha value is -1.53. The molecule has 0 bridgehead atoms. The van der Waals surface area contributed by atoms with Crippen molar-refractivity contribution in [3.05, 3.63) is 46.5 Å². The van der Waals surface area contributed by atoms with Crippen molar-refractivity contribution in [3.8, 4) is 0 Å². The summed E-state index contributed by atoms with van der Waals surface area (Å²) in [5, 5.41) is 13.8. The fraction of sp³-hybridized carbons (Fsp3) is 0.167. The molecule has 0 radical (unpaired) electrons. The highest BCUT2D eigenvalue weighted by Crippen LogP contribution is 2.27. The second kappa shape index (κ2) is 5.88. The maximum Gasteiger partial charge on any atom is 0.170 e. The number of nitrogens with two attached hydrogens (primary N) is 1. The first-order valence-corrected chi connectivity index (χ1v) is 7.18. The van der Waals surface area contributed by atoms with Crippen LogP contribution in [0, 0.1) is 6.92 Å². The van der Waals surface area contributed by atoms with Crippen molar-refractivity contribution in [2.45, 2.75) is 17.0 Å². The number of amidine groups is 1. The lowest BCUT2D eigenvalue weighted by Gasteiger charge is -2.06. The lowest BCUT2D eigenvalue weighted by Crippen LogP contribution is -2.15. The highest BCUT2D eigenvalue weighted by molar-refractivity contribution is 8.00. The smallest absolute Gasteiger partial charge is 0.170 e. The molecule has 1 aromatic carbocycles. The Kier molecular flexibility index (Phi) is 4.22. The molecule has 0 aliphatic carbocycles. The van der Waals surface area contributed by atoms with Gasteiger partial charge in [-0.25, -0.2) is 4.98 Å². The van der Waals surface area contributed by atoms with Gasteiger partial charge in [0, 0.05) is 22.4 Å². The van der Waals surface area contributed by atoms with Gasteiger partial charge in [0.05, 0.1) is 0 Å². The van der Waals surface area contributed by atoms with Crippen molar-refractivity contribution in [3.63, 3.8) is 0 Å². The summed E-state index contributed by atoms with van der Waals surface area (Å²) in [5.41, 5.74) is 8.48. The van der Waals surface area contributed by atoms with Gasteiger partial charge in [0.25, 0.3) is 0 Å². The first-order chi connectivity index (χ1) is 8.70. The number of hydrogen-bond donors (Lipinski definition) is 2. The van der Waals surface area contributed by atoms with E-state index in [0.717, 1.165) is 26.9 Å². The predicted molar refractivity (Wildman–Crippen MR) is 75.4 cm³/mol. The Balaban J connectivity index is 2.14. The SMILES string of the molecule is Cc1csc(SCc2ccccc2/C(N)=N/O)n1. The van der Waals surface area contributed by atoms with Crippen LogP contribution in [0.2, 0.25) is 0 Å². The molecule has 4 nitrogen and oxygen atoms in total. The molecule has 1 heterocycles. The summed E-state index contributed by atoms with van der Waals surface area (Å²) >= 11 is 3.28. The van der Waals surface area contributed by atoms with Crippen molar-refractivity contribution < 1.29 is 5.21 Å². The topological polar surface area (TPSA) is 71.5 Å². The van der Waals surface area contributed by atoms with Crippen molar-refractivity contribution in [1.82, 2.24) is 4.98 Å². The molecule has 18 heavy (non-hydrogen) atoms. The minimum absolute atomic E-state index is 0.140. The zero-order valence-electron chi connectivity index (χ0n) is 9.83. The Morgan fingerprint density at radius 2 is 2.28 bits per heavy atom. The Morgan fingerprint density at radius 1 is 1.50 bits per heavy atom. The van der Waals surface area contributed by atoms with E-state index in [1.54, 1.807) is 23.1 Å². The van der Waals surface area contributed by atoms with Gasteiger partial charge in [0.1, 0.15) is 4.34 Å². The summed E-state index contributed by atoms with van der Waals surface area (Å²) in [5.74, 6) is 0.890. The van der Waals surface area contributed by atoms with Gasteiger partial charge < -0.3 is 10.9 Å². The highest BCUT2D eigenvalue weighted by atomic mass is 32.2.